The summed E-state index contributed by atoms with van der Waals surface area (Å²) >= 11 is 0. The number of pyridine rings is 1. The van der Waals surface area contributed by atoms with E-state index in [9.17, 15) is 4.79 Å². The number of rotatable bonds is 7. The van der Waals surface area contributed by atoms with Gasteiger partial charge in [-0.25, -0.2) is 0 Å². The van der Waals surface area contributed by atoms with Crippen LogP contribution in [0.3, 0.4) is 0 Å². The molecular weight excluding hydrogens is 350 g/mol. The Labute approximate surface area is 165 Å². The van der Waals surface area contributed by atoms with Crippen molar-refractivity contribution in [1.29, 1.82) is 0 Å². The highest BCUT2D eigenvalue weighted by atomic mass is 16.4. The van der Waals surface area contributed by atoms with Crippen LogP contribution in [0.15, 0.2) is 42.5 Å². The predicted molar refractivity (Wildman–Crippen MR) is 114 cm³/mol. The highest BCUT2D eigenvalue weighted by Crippen LogP contribution is 2.35. The Hall–Kier alpha value is -2.92. The fraction of sp³-hybridized carbons (Fsp3) is 0.304. The van der Waals surface area contributed by atoms with Crippen LogP contribution in [0.2, 0.25) is 0 Å². The van der Waals surface area contributed by atoms with Crippen molar-refractivity contribution in [3.8, 4) is 11.1 Å². The monoisotopic (exact) mass is 377 g/mol. The smallest absolute Gasteiger partial charge is 0.322 e. The Bertz CT molecular complexity index is 995. The molecule has 5 nitrogen and oxygen atoms in total. The third kappa shape index (κ3) is 4.31. The first-order valence-corrected chi connectivity index (χ1v) is 9.57. The number of nitrogens with one attached hydrogen (secondary N) is 1. The molecule has 0 aliphatic heterocycles. The first-order valence-electron chi connectivity index (χ1n) is 9.57. The second kappa shape index (κ2) is 8.40. The second-order valence-electron chi connectivity index (χ2n) is 7.56. The lowest BCUT2D eigenvalue weighted by atomic mass is 9.91. The normalized spacial score (nSPS) is 11.2. The molecule has 0 aliphatic rings. The topological polar surface area (TPSA) is 88.2 Å². The first kappa shape index (κ1) is 19.8. The summed E-state index contributed by atoms with van der Waals surface area (Å²) in [5.41, 5.74) is 13.3. The van der Waals surface area contributed by atoms with Crippen molar-refractivity contribution < 1.29 is 9.90 Å². The molecular formula is C23H27N3O2. The van der Waals surface area contributed by atoms with E-state index in [0.29, 0.717) is 12.5 Å². The van der Waals surface area contributed by atoms with Gasteiger partial charge in [-0.3, -0.25) is 9.78 Å². The molecule has 0 radical (unpaired) electrons. The maximum absolute atomic E-state index is 10.9. The lowest BCUT2D eigenvalue weighted by molar-refractivity contribution is -0.134. The molecule has 0 amide bonds. The first-order chi connectivity index (χ1) is 13.4. The Morgan fingerprint density at radius 1 is 1.18 bits per heavy atom. The summed E-state index contributed by atoms with van der Waals surface area (Å²) in [5.74, 6) is -0.426. The van der Waals surface area contributed by atoms with Crippen molar-refractivity contribution in [2.75, 3.05) is 11.9 Å². The zero-order valence-corrected chi connectivity index (χ0v) is 16.6. The van der Waals surface area contributed by atoms with E-state index >= 15 is 0 Å². The number of benzene rings is 2. The van der Waals surface area contributed by atoms with Gasteiger partial charge in [-0.2, -0.15) is 0 Å². The molecule has 0 fully saturated rings. The van der Waals surface area contributed by atoms with Crippen LogP contribution in [0.25, 0.3) is 22.0 Å². The van der Waals surface area contributed by atoms with Crippen LogP contribution >= 0.6 is 0 Å². The maximum atomic E-state index is 10.9. The Morgan fingerprint density at radius 2 is 1.89 bits per heavy atom. The van der Waals surface area contributed by atoms with E-state index in [1.807, 2.05) is 18.2 Å². The molecule has 0 unspecified atom stereocenters. The number of aryl methyl sites for hydroxylation is 1. The molecule has 3 aromatic rings. The van der Waals surface area contributed by atoms with Crippen LogP contribution in [0.1, 0.15) is 30.7 Å². The van der Waals surface area contributed by atoms with Gasteiger partial charge in [0.25, 0.3) is 0 Å². The van der Waals surface area contributed by atoms with Gasteiger partial charge in [0.15, 0.2) is 0 Å². The van der Waals surface area contributed by atoms with E-state index in [1.54, 1.807) is 0 Å². The largest absolute Gasteiger partial charge is 0.480 e. The van der Waals surface area contributed by atoms with Gasteiger partial charge in [-0.05, 0) is 54.2 Å². The summed E-state index contributed by atoms with van der Waals surface area (Å²) in [6.07, 6.45) is 0.861. The Kier molecular flexibility index (Phi) is 5.95. The van der Waals surface area contributed by atoms with Crippen molar-refractivity contribution in [3.05, 3.63) is 59.3 Å². The standard InChI is InChI=1S/C23H27N3O2/c1-14(2)10-21-19(12-24)23(16-6-4-15(3)5-7-16)18-11-17(25-13-22(27)28)8-9-20(18)26-21/h4-9,11,14,25H,10,12-13,24H2,1-3H3,(H,27,28). The molecule has 0 bridgehead atoms. The zero-order valence-electron chi connectivity index (χ0n) is 16.6. The summed E-state index contributed by atoms with van der Waals surface area (Å²) in [6.45, 7) is 6.69. The summed E-state index contributed by atoms with van der Waals surface area (Å²) in [4.78, 5) is 15.8. The predicted octanol–water partition coefficient (Wildman–Crippen LogP) is 4.36. The molecule has 5 heteroatoms. The van der Waals surface area contributed by atoms with E-state index in [1.165, 1.54) is 5.56 Å². The molecule has 0 saturated carbocycles. The quantitative estimate of drug-likeness (QED) is 0.569. The van der Waals surface area contributed by atoms with Crippen molar-refractivity contribution in [2.24, 2.45) is 11.7 Å². The Balaban J connectivity index is 2.26. The maximum Gasteiger partial charge on any atom is 0.322 e. The van der Waals surface area contributed by atoms with Crippen LogP contribution in [-0.2, 0) is 17.8 Å². The molecule has 0 saturated heterocycles. The number of nitrogens with two attached hydrogens (primary N) is 1. The van der Waals surface area contributed by atoms with Gasteiger partial charge in [0.2, 0.25) is 0 Å². The van der Waals surface area contributed by atoms with E-state index in [0.717, 1.165) is 45.4 Å². The minimum absolute atomic E-state index is 0.131. The van der Waals surface area contributed by atoms with E-state index < -0.39 is 5.97 Å². The molecule has 2 aromatic carbocycles. The van der Waals surface area contributed by atoms with Gasteiger partial charge < -0.3 is 16.2 Å². The fourth-order valence-electron chi connectivity index (χ4n) is 3.47. The average Bonchev–Trinajstić information content (AvgIpc) is 2.65. The van der Waals surface area contributed by atoms with E-state index in [4.69, 9.17) is 15.8 Å². The van der Waals surface area contributed by atoms with Crippen molar-refractivity contribution in [3.63, 3.8) is 0 Å². The van der Waals surface area contributed by atoms with Gasteiger partial charge in [0.05, 0.1) is 5.52 Å². The minimum Gasteiger partial charge on any atom is -0.480 e. The highest BCUT2D eigenvalue weighted by molar-refractivity contribution is 5.98. The van der Waals surface area contributed by atoms with Gasteiger partial charge in [0.1, 0.15) is 6.54 Å². The molecule has 3 rings (SSSR count). The molecule has 28 heavy (non-hydrogen) atoms. The van der Waals surface area contributed by atoms with Gasteiger partial charge in [0, 0.05) is 23.3 Å². The number of fused-ring (bicyclic) bond motifs is 1. The average molecular weight is 377 g/mol. The van der Waals surface area contributed by atoms with Crippen molar-refractivity contribution >= 4 is 22.6 Å². The number of nitrogens with zero attached hydrogens (tertiary/aromatic N) is 1. The van der Waals surface area contributed by atoms with Crippen LogP contribution in [0.4, 0.5) is 5.69 Å². The number of aliphatic carboxylic acids is 1. The SMILES string of the molecule is Cc1ccc(-c2c(CN)c(CC(C)C)nc3ccc(NCC(=O)O)cc23)cc1. The van der Waals surface area contributed by atoms with Gasteiger partial charge >= 0.3 is 5.97 Å². The Morgan fingerprint density at radius 3 is 2.50 bits per heavy atom. The lowest BCUT2D eigenvalue weighted by Gasteiger charge is -2.18. The summed E-state index contributed by atoms with van der Waals surface area (Å²) < 4.78 is 0. The fourth-order valence-corrected chi connectivity index (χ4v) is 3.47. The number of carboxylic acid groups (broad SMARTS) is 1. The highest BCUT2D eigenvalue weighted by Gasteiger charge is 2.17. The molecule has 1 heterocycles. The third-order valence-electron chi connectivity index (χ3n) is 4.76. The number of carboxylic acids is 1. The van der Waals surface area contributed by atoms with E-state index in [2.05, 4.69) is 50.4 Å². The lowest BCUT2D eigenvalue weighted by Crippen LogP contribution is -2.12. The number of aromatic nitrogens is 1. The number of carbonyl (C=O) groups is 1. The molecule has 0 atom stereocenters. The van der Waals surface area contributed by atoms with Gasteiger partial charge in [-0.1, -0.05) is 43.7 Å². The third-order valence-corrected chi connectivity index (χ3v) is 4.76. The summed E-state index contributed by atoms with van der Waals surface area (Å²) in [7, 11) is 0. The van der Waals surface area contributed by atoms with Gasteiger partial charge in [-0.15, -0.1) is 0 Å². The molecule has 1 aromatic heterocycles. The number of hydrogen-bond donors (Lipinski definition) is 3. The molecule has 0 spiro atoms. The molecule has 0 aliphatic carbocycles. The van der Waals surface area contributed by atoms with Crippen LogP contribution in [0, 0.1) is 12.8 Å². The van der Waals surface area contributed by atoms with E-state index in [-0.39, 0.29) is 6.54 Å². The van der Waals surface area contributed by atoms with Crippen LogP contribution < -0.4 is 11.1 Å². The molecule has 146 valence electrons. The van der Waals surface area contributed by atoms with Crippen LogP contribution in [-0.4, -0.2) is 22.6 Å². The summed E-state index contributed by atoms with van der Waals surface area (Å²) in [6, 6.07) is 14.2. The zero-order chi connectivity index (χ0) is 20.3. The second-order valence-corrected chi connectivity index (χ2v) is 7.56. The minimum atomic E-state index is -0.896. The molecule has 4 N–H and O–H groups in total. The van der Waals surface area contributed by atoms with Crippen LogP contribution in [0.5, 0.6) is 0 Å². The van der Waals surface area contributed by atoms with Crippen molar-refractivity contribution in [2.45, 2.75) is 33.7 Å². The number of hydrogen-bond acceptors (Lipinski definition) is 4. The number of anilines is 1. The summed E-state index contributed by atoms with van der Waals surface area (Å²) in [5, 5.41) is 12.9. The van der Waals surface area contributed by atoms with Crippen molar-refractivity contribution in [1.82, 2.24) is 4.98 Å².